The van der Waals surface area contributed by atoms with Crippen molar-refractivity contribution in [3.63, 3.8) is 0 Å². The first-order valence-electron chi connectivity index (χ1n) is 20.1. The predicted octanol–water partition coefficient (Wildman–Crippen LogP) is 9.48. The fourth-order valence-corrected chi connectivity index (χ4v) is 4.98. The Bertz CT molecular complexity index is 1230. The maximum absolute atomic E-state index is 12.7. The third kappa shape index (κ3) is 34.8. The number of carbonyl (C=O) groups excluding carboxylic acids is 3. The van der Waals surface area contributed by atoms with E-state index in [0.29, 0.717) is 25.7 Å². The second-order valence-electron chi connectivity index (χ2n) is 13.0. The summed E-state index contributed by atoms with van der Waals surface area (Å²) in [6.45, 7) is 3.26. The topological polar surface area (TPSA) is 142 Å². The van der Waals surface area contributed by atoms with Gasteiger partial charge in [0, 0.05) is 12.8 Å². The largest absolute Gasteiger partial charge is 0.480 e. The van der Waals surface area contributed by atoms with Gasteiger partial charge in [-0.15, -0.1) is 0 Å². The Hall–Kier alpha value is -4.24. The quantitative estimate of drug-likeness (QED) is 0.0292. The average molecular weight is 751 g/mol. The number of ether oxygens (including phenoxy) is 1. The molecular weight excluding hydrogens is 681 g/mol. The van der Waals surface area contributed by atoms with Crippen molar-refractivity contribution in [2.75, 3.05) is 13.2 Å². The van der Waals surface area contributed by atoms with Crippen LogP contribution >= 0.6 is 0 Å². The minimum absolute atomic E-state index is 0.214. The van der Waals surface area contributed by atoms with Crippen molar-refractivity contribution in [2.45, 2.75) is 148 Å². The number of nitrogens with one attached hydrogen (secondary N) is 2. The highest BCUT2D eigenvalue weighted by Crippen LogP contribution is 2.13. The molecule has 302 valence electrons. The van der Waals surface area contributed by atoms with Gasteiger partial charge in [-0.25, -0.2) is 4.79 Å². The van der Waals surface area contributed by atoms with Gasteiger partial charge < -0.3 is 25.6 Å². The number of aliphatic carboxylic acids is 1. The van der Waals surface area contributed by atoms with Crippen LogP contribution in [0.25, 0.3) is 0 Å². The normalized spacial score (nSPS) is 13.5. The monoisotopic (exact) mass is 751 g/mol. The van der Waals surface area contributed by atoms with Crippen molar-refractivity contribution >= 4 is 23.8 Å². The molecule has 0 aliphatic heterocycles. The van der Waals surface area contributed by atoms with Crippen LogP contribution in [0.15, 0.2) is 97.2 Å². The van der Waals surface area contributed by atoms with Crippen LogP contribution in [0.2, 0.25) is 0 Å². The third-order valence-corrected chi connectivity index (χ3v) is 8.06. The van der Waals surface area contributed by atoms with Gasteiger partial charge in [-0.2, -0.15) is 0 Å². The molecule has 0 saturated carbocycles. The minimum Gasteiger partial charge on any atom is -0.480 e. The number of aliphatic hydroxyl groups excluding tert-OH is 1. The standard InChI is InChI=1S/C45H70N2O7/c1-3-5-7-9-11-13-14-15-16-17-18-19-20-21-22-23-25-27-33-37-44(51)54-40(34-30-26-24-12-10-8-6-4-2)35-31-28-29-32-36-42(49)46-38-43(50)47-41(39-48)45(52)53/h5,7,11-13,15-16,18-19,21-22,24-25,27,30,34,40-41,48H,3-4,6,8-10,14,17,20,23,26,28-29,31-33,35-39H2,1-2H3,(H,46,49)(H,47,50)(H,52,53)/b7-5-,13-11-,16-15-,19-18-,22-21-,24-12-,27-25-,34-30-. The molecule has 54 heavy (non-hydrogen) atoms. The van der Waals surface area contributed by atoms with E-state index in [0.717, 1.165) is 70.6 Å². The number of unbranched alkanes of at least 4 members (excludes halogenated alkanes) is 6. The van der Waals surface area contributed by atoms with E-state index in [1.807, 2.05) is 12.2 Å². The van der Waals surface area contributed by atoms with E-state index in [1.54, 1.807) is 0 Å². The molecule has 9 nitrogen and oxygen atoms in total. The Morgan fingerprint density at radius 1 is 0.593 bits per heavy atom. The highest BCUT2D eigenvalue weighted by Gasteiger charge is 2.18. The van der Waals surface area contributed by atoms with Crippen LogP contribution in [-0.2, 0) is 23.9 Å². The first kappa shape index (κ1) is 49.8. The predicted molar refractivity (Wildman–Crippen MR) is 222 cm³/mol. The Kier molecular flexibility index (Phi) is 35.5. The lowest BCUT2D eigenvalue weighted by Gasteiger charge is -2.14. The maximum atomic E-state index is 12.7. The van der Waals surface area contributed by atoms with Crippen molar-refractivity contribution in [2.24, 2.45) is 0 Å². The molecule has 0 heterocycles. The molecule has 0 aliphatic carbocycles. The number of rotatable bonds is 34. The number of aliphatic hydroxyl groups is 1. The molecule has 0 saturated heterocycles. The number of hydrogen-bond acceptors (Lipinski definition) is 6. The zero-order chi connectivity index (χ0) is 39.7. The molecule has 2 atom stereocenters. The Morgan fingerprint density at radius 2 is 1.13 bits per heavy atom. The highest BCUT2D eigenvalue weighted by molar-refractivity contribution is 5.87. The van der Waals surface area contributed by atoms with Crippen molar-refractivity contribution < 1.29 is 34.1 Å². The zero-order valence-electron chi connectivity index (χ0n) is 33.2. The summed E-state index contributed by atoms with van der Waals surface area (Å²) in [4.78, 5) is 47.4. The van der Waals surface area contributed by atoms with Crippen LogP contribution in [0.3, 0.4) is 0 Å². The molecule has 4 N–H and O–H groups in total. The summed E-state index contributed by atoms with van der Waals surface area (Å²) in [5.41, 5.74) is 0. The molecule has 2 unspecified atom stereocenters. The van der Waals surface area contributed by atoms with Crippen molar-refractivity contribution in [1.82, 2.24) is 10.6 Å². The summed E-state index contributed by atoms with van der Waals surface area (Å²) >= 11 is 0. The van der Waals surface area contributed by atoms with Crippen LogP contribution < -0.4 is 10.6 Å². The molecular formula is C45H70N2O7. The molecule has 0 bridgehead atoms. The molecule has 0 aliphatic rings. The fraction of sp³-hybridized carbons (Fsp3) is 0.556. The van der Waals surface area contributed by atoms with Gasteiger partial charge in [0.25, 0.3) is 0 Å². The van der Waals surface area contributed by atoms with Crippen LogP contribution in [0.4, 0.5) is 0 Å². The summed E-state index contributed by atoms with van der Waals surface area (Å²) in [7, 11) is 0. The maximum Gasteiger partial charge on any atom is 0.328 e. The summed E-state index contributed by atoms with van der Waals surface area (Å²) in [5.74, 6) is -2.54. The number of allylic oxidation sites excluding steroid dienone is 15. The summed E-state index contributed by atoms with van der Waals surface area (Å²) < 4.78 is 5.83. The second kappa shape index (κ2) is 38.5. The van der Waals surface area contributed by atoms with Crippen molar-refractivity contribution in [3.8, 4) is 0 Å². The third-order valence-electron chi connectivity index (χ3n) is 8.06. The summed E-state index contributed by atoms with van der Waals surface area (Å²) in [6.07, 6.45) is 50.3. The second-order valence-corrected chi connectivity index (χ2v) is 13.0. The van der Waals surface area contributed by atoms with Gasteiger partial charge >= 0.3 is 11.9 Å². The van der Waals surface area contributed by atoms with E-state index in [9.17, 15) is 19.2 Å². The van der Waals surface area contributed by atoms with Crippen LogP contribution in [0, 0.1) is 0 Å². The lowest BCUT2D eigenvalue weighted by molar-refractivity contribution is -0.147. The van der Waals surface area contributed by atoms with E-state index in [4.69, 9.17) is 14.9 Å². The SMILES string of the molecule is CC/C=C\C/C=C\C/C=C\C/C=C\C/C=C\C/C=C\CCC(=O)OC(/C=C\C/C=C\CCCCC)CCCCCCC(=O)NCC(=O)NC(CO)C(=O)O. The van der Waals surface area contributed by atoms with Gasteiger partial charge in [-0.05, 0) is 89.5 Å². The van der Waals surface area contributed by atoms with E-state index in [2.05, 4.69) is 110 Å². The van der Waals surface area contributed by atoms with E-state index in [-0.39, 0.29) is 30.9 Å². The molecule has 0 radical (unpaired) electrons. The van der Waals surface area contributed by atoms with Crippen LogP contribution in [-0.4, -0.2) is 59.3 Å². The lowest BCUT2D eigenvalue weighted by atomic mass is 10.1. The molecule has 0 spiro atoms. The van der Waals surface area contributed by atoms with Gasteiger partial charge in [0.05, 0.1) is 13.2 Å². The molecule has 2 amide bonds. The average Bonchev–Trinajstić information content (AvgIpc) is 3.15. The number of hydrogen-bond donors (Lipinski definition) is 4. The number of carboxylic acid groups (broad SMARTS) is 1. The number of esters is 1. The number of amides is 2. The van der Waals surface area contributed by atoms with Gasteiger partial charge in [0.2, 0.25) is 11.8 Å². The van der Waals surface area contributed by atoms with Gasteiger partial charge in [-0.3, -0.25) is 14.4 Å². The fourth-order valence-electron chi connectivity index (χ4n) is 4.98. The first-order valence-corrected chi connectivity index (χ1v) is 20.1. The minimum atomic E-state index is -1.40. The molecule has 0 aromatic carbocycles. The lowest BCUT2D eigenvalue weighted by Crippen LogP contribution is -2.47. The van der Waals surface area contributed by atoms with E-state index < -0.39 is 24.5 Å². The smallest absolute Gasteiger partial charge is 0.328 e. The number of carbonyl (C=O) groups is 4. The van der Waals surface area contributed by atoms with Gasteiger partial charge in [0.1, 0.15) is 12.1 Å². The van der Waals surface area contributed by atoms with Crippen LogP contribution in [0.1, 0.15) is 136 Å². The van der Waals surface area contributed by atoms with Crippen molar-refractivity contribution in [3.05, 3.63) is 97.2 Å². The Balaban J connectivity index is 4.46. The molecule has 0 fully saturated rings. The van der Waals surface area contributed by atoms with E-state index >= 15 is 0 Å². The van der Waals surface area contributed by atoms with E-state index in [1.165, 1.54) is 19.3 Å². The summed E-state index contributed by atoms with van der Waals surface area (Å²) in [6, 6.07) is -1.40. The van der Waals surface area contributed by atoms with Crippen molar-refractivity contribution in [1.29, 1.82) is 0 Å². The molecule has 0 aromatic rings. The zero-order valence-corrected chi connectivity index (χ0v) is 33.2. The Labute approximate surface area is 326 Å². The molecule has 0 aromatic heterocycles. The first-order chi connectivity index (χ1) is 26.3. The highest BCUT2D eigenvalue weighted by atomic mass is 16.5. The Morgan fingerprint density at radius 3 is 1.69 bits per heavy atom. The number of carboxylic acids is 1. The molecule has 9 heteroatoms. The van der Waals surface area contributed by atoms with Crippen LogP contribution in [0.5, 0.6) is 0 Å². The molecule has 0 rings (SSSR count). The van der Waals surface area contributed by atoms with Gasteiger partial charge in [0.15, 0.2) is 0 Å². The summed E-state index contributed by atoms with van der Waals surface area (Å²) in [5, 5.41) is 22.5. The van der Waals surface area contributed by atoms with Gasteiger partial charge in [-0.1, -0.05) is 131 Å².